The van der Waals surface area contributed by atoms with Crippen LogP contribution in [0.2, 0.25) is 0 Å². The third-order valence-electron chi connectivity index (χ3n) is 3.72. The smallest absolute Gasteiger partial charge is 0.257 e. The molecular formula is C14H17F3N2O. The molecule has 2 N–H and O–H groups in total. The number of amides is 1. The van der Waals surface area contributed by atoms with Crippen molar-refractivity contribution in [3.8, 4) is 0 Å². The average molecular weight is 286 g/mol. The Morgan fingerprint density at radius 3 is 2.60 bits per heavy atom. The summed E-state index contributed by atoms with van der Waals surface area (Å²) in [6.07, 6.45) is 0.899. The van der Waals surface area contributed by atoms with Gasteiger partial charge in [-0.15, -0.1) is 0 Å². The maximum absolute atomic E-state index is 13.5. The Morgan fingerprint density at radius 1 is 1.35 bits per heavy atom. The summed E-state index contributed by atoms with van der Waals surface area (Å²) in [7, 11) is 0. The Morgan fingerprint density at radius 2 is 2.00 bits per heavy atom. The molecule has 1 amide bonds. The van der Waals surface area contributed by atoms with E-state index in [2.05, 4.69) is 17.6 Å². The largest absolute Gasteiger partial charge is 0.352 e. The van der Waals surface area contributed by atoms with Crippen LogP contribution in [0.5, 0.6) is 0 Å². The second-order valence-corrected chi connectivity index (χ2v) is 5.18. The van der Waals surface area contributed by atoms with Gasteiger partial charge in [-0.3, -0.25) is 4.79 Å². The summed E-state index contributed by atoms with van der Waals surface area (Å²) in [5, 5.41) is 5.76. The van der Waals surface area contributed by atoms with Crippen LogP contribution in [0, 0.1) is 29.3 Å². The summed E-state index contributed by atoms with van der Waals surface area (Å²) in [5.41, 5.74) is -0.729. The number of carbonyl (C=O) groups excluding carboxylic acids is 1. The molecule has 0 aromatic heterocycles. The third-order valence-corrected chi connectivity index (χ3v) is 3.72. The van der Waals surface area contributed by atoms with E-state index < -0.39 is 28.9 Å². The first-order valence-corrected chi connectivity index (χ1v) is 6.62. The molecule has 2 rings (SSSR count). The molecular weight excluding hydrogens is 269 g/mol. The van der Waals surface area contributed by atoms with Crippen LogP contribution in [-0.2, 0) is 0 Å². The van der Waals surface area contributed by atoms with Crippen molar-refractivity contribution in [3.63, 3.8) is 0 Å². The van der Waals surface area contributed by atoms with Crippen LogP contribution in [0.3, 0.4) is 0 Å². The van der Waals surface area contributed by atoms with Crippen LogP contribution in [0.4, 0.5) is 13.2 Å². The first-order chi connectivity index (χ1) is 9.49. The highest BCUT2D eigenvalue weighted by atomic mass is 19.1. The molecule has 2 atom stereocenters. The lowest BCUT2D eigenvalue weighted by molar-refractivity contribution is 0.0929. The van der Waals surface area contributed by atoms with Gasteiger partial charge in [-0.2, -0.15) is 0 Å². The van der Waals surface area contributed by atoms with Crippen LogP contribution in [0.1, 0.15) is 23.7 Å². The second-order valence-electron chi connectivity index (χ2n) is 5.18. The Kier molecular flexibility index (Phi) is 4.65. The van der Waals surface area contributed by atoms with Gasteiger partial charge in [0.25, 0.3) is 5.91 Å². The van der Waals surface area contributed by atoms with Crippen molar-refractivity contribution in [1.29, 1.82) is 0 Å². The van der Waals surface area contributed by atoms with Gasteiger partial charge in [-0.25, -0.2) is 13.2 Å². The van der Waals surface area contributed by atoms with Gasteiger partial charge < -0.3 is 10.6 Å². The Bertz CT molecular complexity index is 484. The molecule has 3 nitrogen and oxygen atoms in total. The van der Waals surface area contributed by atoms with Crippen molar-refractivity contribution in [2.75, 3.05) is 19.6 Å². The number of piperidine rings is 1. The molecule has 1 aromatic rings. The highest BCUT2D eigenvalue weighted by molar-refractivity contribution is 5.94. The summed E-state index contributed by atoms with van der Waals surface area (Å²) in [6.45, 7) is 4.14. The molecule has 1 fully saturated rings. The van der Waals surface area contributed by atoms with E-state index >= 15 is 0 Å². The highest BCUT2D eigenvalue weighted by Gasteiger charge is 2.23. The van der Waals surface area contributed by atoms with E-state index in [1.54, 1.807) is 0 Å². The maximum Gasteiger partial charge on any atom is 0.257 e. The molecule has 1 aromatic carbocycles. The fraction of sp³-hybridized carbons (Fsp3) is 0.500. The van der Waals surface area contributed by atoms with E-state index in [9.17, 15) is 18.0 Å². The predicted octanol–water partition coefficient (Wildman–Crippen LogP) is 2.08. The topological polar surface area (TPSA) is 41.1 Å². The van der Waals surface area contributed by atoms with E-state index in [1.165, 1.54) is 0 Å². The minimum Gasteiger partial charge on any atom is -0.352 e. The third kappa shape index (κ3) is 3.30. The van der Waals surface area contributed by atoms with Gasteiger partial charge in [0.15, 0.2) is 0 Å². The number of carbonyl (C=O) groups is 1. The highest BCUT2D eigenvalue weighted by Crippen LogP contribution is 2.18. The van der Waals surface area contributed by atoms with Crippen LogP contribution >= 0.6 is 0 Å². The van der Waals surface area contributed by atoms with Gasteiger partial charge in [0.1, 0.15) is 23.0 Å². The van der Waals surface area contributed by atoms with Crippen LogP contribution in [-0.4, -0.2) is 25.5 Å². The van der Waals surface area contributed by atoms with Gasteiger partial charge in [-0.05, 0) is 31.3 Å². The van der Waals surface area contributed by atoms with E-state index in [-0.39, 0.29) is 5.92 Å². The fourth-order valence-corrected chi connectivity index (χ4v) is 2.44. The molecule has 2 unspecified atom stereocenters. The second kappa shape index (κ2) is 6.26. The number of rotatable bonds is 3. The minimum atomic E-state index is -1.18. The molecule has 1 aliphatic heterocycles. The zero-order chi connectivity index (χ0) is 14.7. The molecule has 110 valence electrons. The lowest BCUT2D eigenvalue weighted by Crippen LogP contribution is -2.41. The van der Waals surface area contributed by atoms with Crippen molar-refractivity contribution in [2.24, 2.45) is 11.8 Å². The van der Waals surface area contributed by atoms with E-state index in [1.807, 2.05) is 0 Å². The summed E-state index contributed by atoms with van der Waals surface area (Å²) >= 11 is 0. The number of benzene rings is 1. The van der Waals surface area contributed by atoms with Crippen molar-refractivity contribution >= 4 is 5.91 Å². The number of hydrogen-bond donors (Lipinski definition) is 2. The van der Waals surface area contributed by atoms with Gasteiger partial charge in [0.2, 0.25) is 0 Å². The standard InChI is InChI=1S/C14H17F3N2O/c1-8-6-18-3-2-9(8)7-19-14(20)13-11(16)4-10(15)5-12(13)17/h4-5,8-9,18H,2-3,6-7H2,1H3,(H,19,20). The number of hydrogen-bond acceptors (Lipinski definition) is 2. The molecule has 0 saturated carbocycles. The molecule has 6 heteroatoms. The maximum atomic E-state index is 13.5. The van der Waals surface area contributed by atoms with Crippen molar-refractivity contribution in [2.45, 2.75) is 13.3 Å². The monoisotopic (exact) mass is 286 g/mol. The van der Waals surface area contributed by atoms with E-state index in [4.69, 9.17) is 0 Å². The summed E-state index contributed by atoms with van der Waals surface area (Å²) in [6, 6.07) is 1.01. The quantitative estimate of drug-likeness (QED) is 0.893. The van der Waals surface area contributed by atoms with Gasteiger partial charge in [0.05, 0.1) is 0 Å². The van der Waals surface area contributed by atoms with Crippen molar-refractivity contribution in [1.82, 2.24) is 10.6 Å². The van der Waals surface area contributed by atoms with E-state index in [0.717, 1.165) is 19.5 Å². The molecule has 0 aliphatic carbocycles. The normalized spacial score (nSPS) is 22.6. The van der Waals surface area contributed by atoms with Crippen molar-refractivity contribution in [3.05, 3.63) is 35.1 Å². The first-order valence-electron chi connectivity index (χ1n) is 6.62. The zero-order valence-electron chi connectivity index (χ0n) is 11.2. The number of halogens is 3. The van der Waals surface area contributed by atoms with Gasteiger partial charge in [0, 0.05) is 18.7 Å². The molecule has 1 saturated heterocycles. The summed E-state index contributed by atoms with van der Waals surface area (Å²) in [4.78, 5) is 11.8. The SMILES string of the molecule is CC1CNCCC1CNC(=O)c1c(F)cc(F)cc1F. The first kappa shape index (κ1) is 14.8. The Hall–Kier alpha value is -1.56. The Balaban J connectivity index is 2.02. The number of nitrogens with one attached hydrogen (secondary N) is 2. The van der Waals surface area contributed by atoms with Crippen LogP contribution in [0.25, 0.3) is 0 Å². The summed E-state index contributed by atoms with van der Waals surface area (Å²) in [5.74, 6) is -3.59. The molecule has 1 heterocycles. The lowest BCUT2D eigenvalue weighted by atomic mass is 9.88. The predicted molar refractivity (Wildman–Crippen MR) is 68.8 cm³/mol. The van der Waals surface area contributed by atoms with Gasteiger partial charge in [-0.1, -0.05) is 6.92 Å². The minimum absolute atomic E-state index is 0.270. The zero-order valence-corrected chi connectivity index (χ0v) is 11.2. The van der Waals surface area contributed by atoms with E-state index in [0.29, 0.717) is 24.6 Å². The molecule has 0 spiro atoms. The van der Waals surface area contributed by atoms with Crippen molar-refractivity contribution < 1.29 is 18.0 Å². The Labute approximate surface area is 115 Å². The fourth-order valence-electron chi connectivity index (χ4n) is 2.44. The van der Waals surface area contributed by atoms with Crippen LogP contribution < -0.4 is 10.6 Å². The molecule has 20 heavy (non-hydrogen) atoms. The lowest BCUT2D eigenvalue weighted by Gasteiger charge is -2.29. The average Bonchev–Trinajstić information content (AvgIpc) is 2.36. The molecule has 0 radical (unpaired) electrons. The van der Waals surface area contributed by atoms with Gasteiger partial charge >= 0.3 is 0 Å². The summed E-state index contributed by atoms with van der Waals surface area (Å²) < 4.78 is 39.7. The van der Waals surface area contributed by atoms with Crippen LogP contribution in [0.15, 0.2) is 12.1 Å². The molecule has 1 aliphatic rings. The molecule has 0 bridgehead atoms.